The molecule has 0 aliphatic carbocycles. The molecule has 2 unspecified atom stereocenters. The van der Waals surface area contributed by atoms with E-state index in [-0.39, 0.29) is 5.25 Å². The van der Waals surface area contributed by atoms with Crippen molar-refractivity contribution < 1.29 is 4.21 Å². The Labute approximate surface area is 111 Å². The smallest absolute Gasteiger partial charge is 0.135 e. The molecular weight excluding hydrogens is 248 g/mol. The Bertz CT molecular complexity index is 423. The molecule has 0 aliphatic heterocycles. The fourth-order valence-electron chi connectivity index (χ4n) is 1.64. The summed E-state index contributed by atoms with van der Waals surface area (Å²) in [5, 5.41) is 6.44. The molecule has 1 aromatic rings. The molecule has 5 nitrogen and oxygen atoms in total. The molecule has 0 saturated carbocycles. The molecule has 18 heavy (non-hydrogen) atoms. The fraction of sp³-hybridized carbons (Fsp3) is 0.667. The van der Waals surface area contributed by atoms with Crippen molar-refractivity contribution in [1.29, 1.82) is 0 Å². The van der Waals surface area contributed by atoms with Crippen molar-refractivity contribution in [2.45, 2.75) is 31.9 Å². The molecule has 0 spiro atoms. The Kier molecular flexibility index (Phi) is 5.53. The monoisotopic (exact) mass is 270 g/mol. The number of hydrogen-bond donors (Lipinski definition) is 2. The van der Waals surface area contributed by atoms with Crippen molar-refractivity contribution in [3.8, 4) is 0 Å². The van der Waals surface area contributed by atoms with E-state index < -0.39 is 10.8 Å². The molecule has 0 fully saturated rings. The highest BCUT2D eigenvalue weighted by Crippen LogP contribution is 2.27. The van der Waals surface area contributed by atoms with Gasteiger partial charge in [-0.3, -0.25) is 4.21 Å². The van der Waals surface area contributed by atoms with E-state index in [1.807, 2.05) is 14.0 Å². The van der Waals surface area contributed by atoms with Crippen LogP contribution >= 0.6 is 0 Å². The van der Waals surface area contributed by atoms with Gasteiger partial charge in [0.25, 0.3) is 0 Å². The average Bonchev–Trinajstić information content (AvgIpc) is 2.34. The van der Waals surface area contributed by atoms with Crippen molar-refractivity contribution in [2.75, 3.05) is 30.5 Å². The fourth-order valence-corrected chi connectivity index (χ4v) is 1.96. The number of aromatic nitrogens is 2. The Balaban J connectivity index is 2.91. The van der Waals surface area contributed by atoms with E-state index in [0.29, 0.717) is 12.5 Å². The standard InChI is InChI=1S/C12H22N4OS/c1-8(2)10-11(13-4)15-7-16-12(10)14-6-9(3)18(5)17/h7-9H,6H2,1-5H3,(H2,13,14,15,16). The molecule has 1 aromatic heterocycles. The third kappa shape index (κ3) is 3.66. The second-order valence-corrected chi connectivity index (χ2v) is 6.38. The maximum Gasteiger partial charge on any atom is 0.135 e. The third-order valence-electron chi connectivity index (χ3n) is 2.82. The number of rotatable bonds is 6. The van der Waals surface area contributed by atoms with Gasteiger partial charge in [0, 0.05) is 41.5 Å². The topological polar surface area (TPSA) is 66.9 Å². The maximum absolute atomic E-state index is 11.3. The van der Waals surface area contributed by atoms with Gasteiger partial charge < -0.3 is 10.6 Å². The van der Waals surface area contributed by atoms with Gasteiger partial charge >= 0.3 is 0 Å². The summed E-state index contributed by atoms with van der Waals surface area (Å²) in [7, 11) is 1.02. The summed E-state index contributed by atoms with van der Waals surface area (Å²) in [6.07, 6.45) is 3.25. The van der Waals surface area contributed by atoms with Gasteiger partial charge in [0.05, 0.1) is 0 Å². The van der Waals surface area contributed by atoms with Crippen LogP contribution in [0.1, 0.15) is 32.3 Å². The first-order valence-electron chi connectivity index (χ1n) is 6.06. The molecule has 2 atom stereocenters. The summed E-state index contributed by atoms with van der Waals surface area (Å²) in [6, 6.07) is 0. The summed E-state index contributed by atoms with van der Waals surface area (Å²) in [5.74, 6) is 1.98. The highest BCUT2D eigenvalue weighted by atomic mass is 32.2. The summed E-state index contributed by atoms with van der Waals surface area (Å²) < 4.78 is 11.3. The zero-order chi connectivity index (χ0) is 13.7. The van der Waals surface area contributed by atoms with Crippen LogP contribution in [0.2, 0.25) is 0 Å². The highest BCUT2D eigenvalue weighted by molar-refractivity contribution is 7.84. The quantitative estimate of drug-likeness (QED) is 0.825. The lowest BCUT2D eigenvalue weighted by atomic mass is 10.0. The van der Waals surface area contributed by atoms with Crippen molar-refractivity contribution in [3.63, 3.8) is 0 Å². The maximum atomic E-state index is 11.3. The van der Waals surface area contributed by atoms with Crippen LogP contribution < -0.4 is 10.6 Å². The van der Waals surface area contributed by atoms with Crippen LogP contribution in [0, 0.1) is 0 Å². The zero-order valence-corrected chi connectivity index (χ0v) is 12.5. The Morgan fingerprint density at radius 2 is 1.89 bits per heavy atom. The molecular formula is C12H22N4OS. The lowest BCUT2D eigenvalue weighted by Crippen LogP contribution is -2.22. The number of nitrogens with zero attached hydrogens (tertiary/aromatic N) is 2. The molecule has 0 bridgehead atoms. The SMILES string of the molecule is CNc1ncnc(NCC(C)S(C)=O)c1C(C)C. The largest absolute Gasteiger partial charge is 0.373 e. The van der Waals surface area contributed by atoms with Crippen molar-refractivity contribution in [3.05, 3.63) is 11.9 Å². The van der Waals surface area contributed by atoms with Gasteiger partial charge in [-0.05, 0) is 12.8 Å². The van der Waals surface area contributed by atoms with E-state index in [1.165, 1.54) is 6.33 Å². The van der Waals surface area contributed by atoms with Crippen LogP contribution in [0.15, 0.2) is 6.33 Å². The number of anilines is 2. The normalized spacial score (nSPS) is 14.3. The van der Waals surface area contributed by atoms with Gasteiger partial charge in [-0.2, -0.15) is 0 Å². The van der Waals surface area contributed by atoms with Gasteiger partial charge in [0.2, 0.25) is 0 Å². The van der Waals surface area contributed by atoms with Crippen molar-refractivity contribution in [2.24, 2.45) is 0 Å². The Morgan fingerprint density at radius 1 is 1.28 bits per heavy atom. The van der Waals surface area contributed by atoms with E-state index in [2.05, 4.69) is 34.4 Å². The van der Waals surface area contributed by atoms with E-state index in [9.17, 15) is 4.21 Å². The predicted molar refractivity (Wildman–Crippen MR) is 77.7 cm³/mol. The molecule has 102 valence electrons. The van der Waals surface area contributed by atoms with Gasteiger partial charge in [-0.1, -0.05) is 13.8 Å². The van der Waals surface area contributed by atoms with Gasteiger partial charge in [-0.15, -0.1) is 0 Å². The molecule has 0 radical (unpaired) electrons. The summed E-state index contributed by atoms with van der Waals surface area (Å²) in [5.41, 5.74) is 1.06. The van der Waals surface area contributed by atoms with Crippen LogP contribution in [0.25, 0.3) is 0 Å². The van der Waals surface area contributed by atoms with E-state index in [1.54, 1.807) is 6.26 Å². The average molecular weight is 270 g/mol. The summed E-state index contributed by atoms with van der Waals surface area (Å²) >= 11 is 0. The van der Waals surface area contributed by atoms with Gasteiger partial charge in [-0.25, -0.2) is 9.97 Å². The minimum atomic E-state index is -0.830. The minimum absolute atomic E-state index is 0.0954. The number of hydrogen-bond acceptors (Lipinski definition) is 5. The van der Waals surface area contributed by atoms with Crippen LogP contribution in [0.3, 0.4) is 0 Å². The minimum Gasteiger partial charge on any atom is -0.373 e. The number of nitrogens with one attached hydrogen (secondary N) is 2. The molecule has 6 heteroatoms. The lowest BCUT2D eigenvalue weighted by molar-refractivity contribution is 0.678. The first kappa shape index (κ1) is 14.9. The van der Waals surface area contributed by atoms with E-state index >= 15 is 0 Å². The summed E-state index contributed by atoms with van der Waals surface area (Å²) in [6.45, 7) is 6.81. The second kappa shape index (κ2) is 6.68. The molecule has 2 N–H and O–H groups in total. The molecule has 0 saturated heterocycles. The lowest BCUT2D eigenvalue weighted by Gasteiger charge is -2.18. The van der Waals surface area contributed by atoms with Crippen LogP contribution in [0.4, 0.5) is 11.6 Å². The Hall–Kier alpha value is -1.17. The van der Waals surface area contributed by atoms with Crippen LogP contribution in [0.5, 0.6) is 0 Å². The van der Waals surface area contributed by atoms with Crippen molar-refractivity contribution in [1.82, 2.24) is 9.97 Å². The summed E-state index contributed by atoms with van der Waals surface area (Å²) in [4.78, 5) is 8.50. The predicted octanol–water partition coefficient (Wildman–Crippen LogP) is 1.82. The van der Waals surface area contributed by atoms with E-state index in [4.69, 9.17) is 0 Å². The first-order chi connectivity index (χ1) is 8.47. The second-order valence-electron chi connectivity index (χ2n) is 4.58. The third-order valence-corrected chi connectivity index (χ3v) is 4.12. The van der Waals surface area contributed by atoms with Crippen LogP contribution in [-0.2, 0) is 10.8 Å². The van der Waals surface area contributed by atoms with Gasteiger partial charge in [0.1, 0.15) is 18.0 Å². The molecule has 0 aliphatic rings. The molecule has 0 amide bonds. The van der Waals surface area contributed by atoms with Gasteiger partial charge in [0.15, 0.2) is 0 Å². The zero-order valence-electron chi connectivity index (χ0n) is 11.7. The first-order valence-corrected chi connectivity index (χ1v) is 7.68. The molecule has 1 heterocycles. The molecule has 0 aromatic carbocycles. The van der Waals surface area contributed by atoms with E-state index in [0.717, 1.165) is 17.2 Å². The van der Waals surface area contributed by atoms with Crippen LogP contribution in [-0.4, -0.2) is 39.3 Å². The Morgan fingerprint density at radius 3 is 2.39 bits per heavy atom. The van der Waals surface area contributed by atoms with Crippen molar-refractivity contribution >= 4 is 22.4 Å². The highest BCUT2D eigenvalue weighted by Gasteiger charge is 2.15. The molecule has 1 rings (SSSR count).